The Kier molecular flexibility index (Phi) is 8.30. The average molecular weight is 428 g/mol. The van der Waals surface area contributed by atoms with Crippen molar-refractivity contribution in [2.45, 2.75) is 39.7 Å². The molecule has 1 aromatic carbocycles. The zero-order chi connectivity index (χ0) is 21.6. The summed E-state index contributed by atoms with van der Waals surface area (Å²) in [4.78, 5) is 12.8. The average Bonchev–Trinajstić information content (AvgIpc) is 2.69. The number of hydrogen-bond acceptors (Lipinski definition) is 5. The highest BCUT2D eigenvalue weighted by molar-refractivity contribution is 7.86. The second-order valence-electron chi connectivity index (χ2n) is 7.29. The summed E-state index contributed by atoms with van der Waals surface area (Å²) < 4.78 is 38.6. The van der Waals surface area contributed by atoms with Crippen LogP contribution in [0.4, 0.5) is 0 Å². The lowest BCUT2D eigenvalue weighted by Crippen LogP contribution is -2.49. The van der Waals surface area contributed by atoms with Crippen LogP contribution in [0.15, 0.2) is 18.2 Å². The van der Waals surface area contributed by atoms with Crippen molar-refractivity contribution < 1.29 is 22.7 Å². The first kappa shape index (κ1) is 23.4. The lowest BCUT2D eigenvalue weighted by molar-refractivity contribution is -0.126. The summed E-state index contributed by atoms with van der Waals surface area (Å²) in [6, 6.07) is 5.39. The molecule has 0 unspecified atom stereocenters. The van der Waals surface area contributed by atoms with Crippen LogP contribution in [-0.4, -0.2) is 63.3 Å². The molecule has 1 heterocycles. The molecule has 0 aromatic heterocycles. The van der Waals surface area contributed by atoms with Gasteiger partial charge in [0.2, 0.25) is 5.91 Å². The number of nitrogens with one attached hydrogen (secondary N) is 1. The molecular formula is C20H33N3O5S. The van der Waals surface area contributed by atoms with Crippen LogP contribution in [0.3, 0.4) is 0 Å². The minimum atomic E-state index is -3.51. The topological polar surface area (TPSA) is 88.2 Å². The Morgan fingerprint density at radius 1 is 1.24 bits per heavy atom. The van der Waals surface area contributed by atoms with E-state index >= 15 is 0 Å². The Balaban J connectivity index is 2.07. The van der Waals surface area contributed by atoms with E-state index in [9.17, 15) is 13.2 Å². The molecule has 0 saturated carbocycles. The van der Waals surface area contributed by atoms with Crippen LogP contribution in [0.5, 0.6) is 11.5 Å². The predicted molar refractivity (Wildman–Crippen MR) is 112 cm³/mol. The van der Waals surface area contributed by atoms with E-state index in [4.69, 9.17) is 9.47 Å². The van der Waals surface area contributed by atoms with Gasteiger partial charge in [0.1, 0.15) is 0 Å². The SMILES string of the molecule is CCOc1ccc([C@H](C)NC(=O)[C@@H]2CCCN(S(=O)(=O)N(C)C)C2)cc1OCC. The zero-order valence-corrected chi connectivity index (χ0v) is 18.8. The van der Waals surface area contributed by atoms with Crippen LogP contribution in [-0.2, 0) is 15.0 Å². The van der Waals surface area contributed by atoms with Gasteiger partial charge in [-0.15, -0.1) is 0 Å². The van der Waals surface area contributed by atoms with Gasteiger partial charge < -0.3 is 14.8 Å². The quantitative estimate of drug-likeness (QED) is 0.653. The van der Waals surface area contributed by atoms with Crippen LogP contribution in [0, 0.1) is 5.92 Å². The minimum Gasteiger partial charge on any atom is -0.490 e. The van der Waals surface area contributed by atoms with E-state index in [2.05, 4.69) is 5.32 Å². The van der Waals surface area contributed by atoms with Crippen LogP contribution in [0.1, 0.15) is 45.2 Å². The number of rotatable bonds is 9. The standard InChI is InChI=1S/C20H33N3O5S/c1-6-27-18-11-10-16(13-19(18)28-7-2)15(3)21-20(24)17-9-8-12-23(14-17)29(25,26)22(4)5/h10-11,13,15,17H,6-9,12,14H2,1-5H3,(H,21,24)/t15-,17+/m0/s1. The number of benzene rings is 1. The van der Waals surface area contributed by atoms with E-state index in [0.717, 1.165) is 5.56 Å². The molecule has 1 aromatic rings. The van der Waals surface area contributed by atoms with Gasteiger partial charge in [-0.1, -0.05) is 6.07 Å². The minimum absolute atomic E-state index is 0.136. The summed E-state index contributed by atoms with van der Waals surface area (Å²) in [7, 11) is -0.507. The maximum absolute atomic E-state index is 12.8. The van der Waals surface area contributed by atoms with E-state index in [-0.39, 0.29) is 24.4 Å². The largest absolute Gasteiger partial charge is 0.490 e. The van der Waals surface area contributed by atoms with Gasteiger partial charge in [-0.2, -0.15) is 17.0 Å². The molecule has 29 heavy (non-hydrogen) atoms. The van der Waals surface area contributed by atoms with Crippen molar-refractivity contribution >= 4 is 16.1 Å². The summed E-state index contributed by atoms with van der Waals surface area (Å²) in [6.07, 6.45) is 1.34. The molecule has 1 amide bonds. The smallest absolute Gasteiger partial charge is 0.281 e. The monoisotopic (exact) mass is 427 g/mol. The Morgan fingerprint density at radius 3 is 2.52 bits per heavy atom. The fraction of sp³-hybridized carbons (Fsp3) is 0.650. The number of amides is 1. The molecular weight excluding hydrogens is 394 g/mol. The van der Waals surface area contributed by atoms with E-state index in [1.165, 1.54) is 22.7 Å². The van der Waals surface area contributed by atoms with Crippen LogP contribution in [0.2, 0.25) is 0 Å². The molecule has 2 atom stereocenters. The molecule has 164 valence electrons. The second-order valence-corrected chi connectivity index (χ2v) is 9.43. The first-order valence-electron chi connectivity index (χ1n) is 10.1. The summed E-state index contributed by atoms with van der Waals surface area (Å²) in [6.45, 7) is 7.42. The number of piperidine rings is 1. The molecule has 0 radical (unpaired) electrons. The predicted octanol–water partition coefficient (Wildman–Crippen LogP) is 2.18. The van der Waals surface area contributed by atoms with Gasteiger partial charge in [-0.25, -0.2) is 0 Å². The van der Waals surface area contributed by atoms with Gasteiger partial charge in [-0.05, 0) is 51.3 Å². The van der Waals surface area contributed by atoms with Crippen molar-refractivity contribution in [1.82, 2.24) is 13.9 Å². The Labute approximate surface area is 174 Å². The summed E-state index contributed by atoms with van der Waals surface area (Å²) in [5.41, 5.74) is 0.902. The van der Waals surface area contributed by atoms with Crippen molar-refractivity contribution in [2.75, 3.05) is 40.4 Å². The molecule has 1 N–H and O–H groups in total. The first-order chi connectivity index (χ1) is 13.7. The van der Waals surface area contributed by atoms with E-state index in [1.54, 1.807) is 0 Å². The van der Waals surface area contributed by atoms with E-state index < -0.39 is 10.2 Å². The van der Waals surface area contributed by atoms with Gasteiger partial charge in [0.05, 0.1) is 25.2 Å². The molecule has 8 nitrogen and oxygen atoms in total. The molecule has 9 heteroatoms. The van der Waals surface area contributed by atoms with Crippen molar-refractivity contribution in [1.29, 1.82) is 0 Å². The van der Waals surface area contributed by atoms with Gasteiger partial charge >= 0.3 is 0 Å². The van der Waals surface area contributed by atoms with Gasteiger partial charge in [0.15, 0.2) is 11.5 Å². The summed E-state index contributed by atoms with van der Waals surface area (Å²) >= 11 is 0. The normalized spacial score (nSPS) is 19.0. The molecule has 1 fully saturated rings. The third-order valence-corrected chi connectivity index (χ3v) is 6.88. The lowest BCUT2D eigenvalue weighted by atomic mass is 9.98. The fourth-order valence-corrected chi connectivity index (χ4v) is 4.54. The van der Waals surface area contributed by atoms with Crippen LogP contribution in [0.25, 0.3) is 0 Å². The number of hydrogen-bond donors (Lipinski definition) is 1. The van der Waals surface area contributed by atoms with Crippen LogP contribution < -0.4 is 14.8 Å². The molecule has 0 spiro atoms. The molecule has 1 saturated heterocycles. The highest BCUT2D eigenvalue weighted by Crippen LogP contribution is 2.31. The molecule has 0 bridgehead atoms. The second kappa shape index (κ2) is 10.3. The lowest BCUT2D eigenvalue weighted by Gasteiger charge is -2.33. The van der Waals surface area contributed by atoms with Gasteiger partial charge in [0.25, 0.3) is 10.2 Å². The Bertz CT molecular complexity index is 797. The highest BCUT2D eigenvalue weighted by Gasteiger charge is 2.33. The van der Waals surface area contributed by atoms with E-state index in [0.29, 0.717) is 44.1 Å². The number of nitrogens with zero attached hydrogens (tertiary/aromatic N) is 2. The number of carbonyl (C=O) groups is 1. The van der Waals surface area contributed by atoms with Crippen molar-refractivity contribution in [3.8, 4) is 11.5 Å². The molecule has 2 rings (SSSR count). The van der Waals surface area contributed by atoms with Gasteiger partial charge in [0, 0.05) is 27.2 Å². The maximum atomic E-state index is 12.8. The van der Waals surface area contributed by atoms with Gasteiger partial charge in [-0.3, -0.25) is 4.79 Å². The highest BCUT2D eigenvalue weighted by atomic mass is 32.2. The molecule has 1 aliphatic heterocycles. The Morgan fingerprint density at radius 2 is 1.90 bits per heavy atom. The zero-order valence-electron chi connectivity index (χ0n) is 18.0. The van der Waals surface area contributed by atoms with Crippen molar-refractivity contribution in [2.24, 2.45) is 5.92 Å². The third-order valence-electron chi connectivity index (χ3n) is 4.97. The maximum Gasteiger partial charge on any atom is 0.281 e. The van der Waals surface area contributed by atoms with Crippen molar-refractivity contribution in [3.05, 3.63) is 23.8 Å². The third kappa shape index (κ3) is 5.83. The van der Waals surface area contributed by atoms with E-state index in [1.807, 2.05) is 39.0 Å². The molecule has 0 aliphatic carbocycles. The number of ether oxygens (including phenoxy) is 2. The van der Waals surface area contributed by atoms with Crippen molar-refractivity contribution in [3.63, 3.8) is 0 Å². The summed E-state index contributed by atoms with van der Waals surface area (Å²) in [5.74, 6) is 0.820. The fourth-order valence-electron chi connectivity index (χ4n) is 3.35. The first-order valence-corrected chi connectivity index (χ1v) is 11.5. The Hall–Kier alpha value is -1.84. The number of carbonyl (C=O) groups excluding carboxylic acids is 1. The summed E-state index contributed by atoms with van der Waals surface area (Å²) in [5, 5.41) is 3.02. The van der Waals surface area contributed by atoms with Crippen LogP contribution >= 0.6 is 0 Å². The molecule has 1 aliphatic rings.